The van der Waals surface area contributed by atoms with E-state index in [0.717, 1.165) is 44.1 Å². The molecule has 0 atom stereocenters. The number of imidazole rings is 1. The summed E-state index contributed by atoms with van der Waals surface area (Å²) >= 11 is 3.25. The molecule has 0 amide bonds. The van der Waals surface area contributed by atoms with Crippen molar-refractivity contribution in [3.8, 4) is 22.0 Å². The molecule has 0 saturated heterocycles. The first kappa shape index (κ1) is 12.7. The van der Waals surface area contributed by atoms with E-state index < -0.39 is 0 Å². The molecule has 0 fully saturated rings. The summed E-state index contributed by atoms with van der Waals surface area (Å²) < 4.78 is 7.32. The van der Waals surface area contributed by atoms with Crippen LogP contribution in [0.4, 0.5) is 0 Å². The van der Waals surface area contributed by atoms with Gasteiger partial charge in [0.2, 0.25) is 0 Å². The number of aromatic nitrogens is 4. The fourth-order valence-corrected chi connectivity index (χ4v) is 4.16. The molecule has 106 valence electrons. The van der Waals surface area contributed by atoms with E-state index in [-0.39, 0.29) is 0 Å². The fourth-order valence-electron chi connectivity index (χ4n) is 2.50. The first-order valence-corrected chi connectivity index (χ1v) is 8.22. The Morgan fingerprint density at radius 1 is 1.10 bits per heavy atom. The summed E-state index contributed by atoms with van der Waals surface area (Å²) in [7, 11) is 0. The average molecular weight is 316 g/mol. The van der Waals surface area contributed by atoms with Crippen LogP contribution in [0.5, 0.6) is 0 Å². The van der Waals surface area contributed by atoms with Crippen molar-refractivity contribution in [1.29, 1.82) is 0 Å². The Bertz CT molecular complexity index is 924. The first-order chi connectivity index (χ1) is 10.1. The van der Waals surface area contributed by atoms with Crippen molar-refractivity contribution in [2.45, 2.75) is 20.8 Å². The van der Waals surface area contributed by atoms with Crippen LogP contribution in [0.25, 0.3) is 26.9 Å². The van der Waals surface area contributed by atoms with Crippen molar-refractivity contribution in [2.24, 2.45) is 0 Å². The zero-order valence-corrected chi connectivity index (χ0v) is 13.4. The predicted octanol–water partition coefficient (Wildman–Crippen LogP) is 4.10. The minimum Gasteiger partial charge on any atom is -0.361 e. The number of fused-ring (bicyclic) bond motifs is 1. The van der Waals surface area contributed by atoms with Gasteiger partial charge in [-0.05, 0) is 20.8 Å². The van der Waals surface area contributed by atoms with E-state index in [9.17, 15) is 0 Å². The maximum absolute atomic E-state index is 5.23. The lowest BCUT2D eigenvalue weighted by atomic mass is 10.1. The predicted molar refractivity (Wildman–Crippen MR) is 83.9 cm³/mol. The number of nitrogens with zero attached hydrogens (tertiary/aromatic N) is 4. The normalized spacial score (nSPS) is 11.6. The molecule has 0 bridgehead atoms. The number of aryl methyl sites for hydroxylation is 3. The van der Waals surface area contributed by atoms with Gasteiger partial charge in [0.05, 0.1) is 22.6 Å². The minimum absolute atomic E-state index is 0.801. The Hall–Kier alpha value is -1.99. The average Bonchev–Trinajstić information content (AvgIpc) is 3.16. The first-order valence-electron chi connectivity index (χ1n) is 6.46. The highest BCUT2D eigenvalue weighted by Gasteiger charge is 2.19. The smallest absolute Gasteiger partial charge is 0.194 e. The van der Waals surface area contributed by atoms with Gasteiger partial charge in [-0.1, -0.05) is 5.16 Å². The van der Waals surface area contributed by atoms with Gasteiger partial charge in [0.1, 0.15) is 16.5 Å². The summed E-state index contributed by atoms with van der Waals surface area (Å²) in [5.74, 6) is 0.801. The molecule has 0 N–H and O–H groups in total. The number of hydrogen-bond donors (Lipinski definition) is 0. The second kappa shape index (κ2) is 4.51. The van der Waals surface area contributed by atoms with Crippen LogP contribution in [0.3, 0.4) is 0 Å². The third-order valence-electron chi connectivity index (χ3n) is 3.43. The van der Waals surface area contributed by atoms with E-state index in [4.69, 9.17) is 9.51 Å². The Balaban J connectivity index is 1.88. The molecule has 0 saturated carbocycles. The Labute approximate surface area is 128 Å². The van der Waals surface area contributed by atoms with Gasteiger partial charge in [0, 0.05) is 17.0 Å². The van der Waals surface area contributed by atoms with Gasteiger partial charge in [-0.15, -0.1) is 22.7 Å². The maximum atomic E-state index is 5.23. The van der Waals surface area contributed by atoms with E-state index in [1.807, 2.05) is 37.7 Å². The molecule has 4 aromatic heterocycles. The lowest BCUT2D eigenvalue weighted by Crippen LogP contribution is -1.87. The minimum atomic E-state index is 0.801. The molecule has 0 unspecified atom stereocenters. The van der Waals surface area contributed by atoms with Gasteiger partial charge in [-0.25, -0.2) is 9.97 Å². The van der Waals surface area contributed by atoms with E-state index >= 15 is 0 Å². The molecule has 21 heavy (non-hydrogen) atoms. The lowest BCUT2D eigenvalue weighted by Gasteiger charge is -1.96. The molecule has 7 heteroatoms. The highest BCUT2D eigenvalue weighted by molar-refractivity contribution is 7.15. The van der Waals surface area contributed by atoms with Gasteiger partial charge in [-0.2, -0.15) is 0 Å². The Morgan fingerprint density at radius 2 is 1.95 bits per heavy atom. The molecule has 4 aromatic rings. The molecule has 0 aliphatic heterocycles. The zero-order chi connectivity index (χ0) is 14.6. The lowest BCUT2D eigenvalue weighted by molar-refractivity contribution is 0.393. The highest BCUT2D eigenvalue weighted by Crippen LogP contribution is 2.34. The van der Waals surface area contributed by atoms with Gasteiger partial charge < -0.3 is 4.52 Å². The van der Waals surface area contributed by atoms with E-state index in [1.165, 1.54) is 0 Å². The fraction of sp³-hybridized carbons (Fsp3) is 0.214. The summed E-state index contributed by atoms with van der Waals surface area (Å²) in [5.41, 5.74) is 4.84. The van der Waals surface area contributed by atoms with Crippen LogP contribution >= 0.6 is 22.7 Å². The second-order valence-corrected chi connectivity index (χ2v) is 6.57. The van der Waals surface area contributed by atoms with Crippen LogP contribution in [-0.4, -0.2) is 19.5 Å². The van der Waals surface area contributed by atoms with E-state index in [0.29, 0.717) is 0 Å². The monoisotopic (exact) mass is 316 g/mol. The summed E-state index contributed by atoms with van der Waals surface area (Å²) in [6, 6.07) is 0. The van der Waals surface area contributed by atoms with Gasteiger partial charge in [-0.3, -0.25) is 4.40 Å². The van der Waals surface area contributed by atoms with Crippen LogP contribution < -0.4 is 0 Å². The Kier molecular flexibility index (Phi) is 2.73. The topological polar surface area (TPSA) is 56.2 Å². The third kappa shape index (κ3) is 1.85. The van der Waals surface area contributed by atoms with Crippen LogP contribution in [0.15, 0.2) is 21.5 Å². The molecular formula is C14H12N4OS2. The standard InChI is InChI=1S/C14H12N4OS2/c1-7-11(9(3)19-17-7)10-6-21-13(16-10)12-8(2)15-14-18(12)4-5-20-14/h4-6H,1-3H3. The van der Waals surface area contributed by atoms with Crippen LogP contribution in [0.2, 0.25) is 0 Å². The molecule has 0 aromatic carbocycles. The van der Waals surface area contributed by atoms with E-state index in [1.54, 1.807) is 22.7 Å². The molecule has 5 nitrogen and oxygen atoms in total. The van der Waals surface area contributed by atoms with Crippen molar-refractivity contribution >= 4 is 27.6 Å². The largest absolute Gasteiger partial charge is 0.361 e. The molecule has 4 rings (SSSR count). The van der Waals surface area contributed by atoms with E-state index in [2.05, 4.69) is 14.5 Å². The van der Waals surface area contributed by atoms with Crippen molar-refractivity contribution < 1.29 is 4.52 Å². The summed E-state index contributed by atoms with van der Waals surface area (Å²) in [6.07, 6.45) is 2.03. The molecular weight excluding hydrogens is 304 g/mol. The quantitative estimate of drug-likeness (QED) is 0.558. The van der Waals surface area contributed by atoms with Crippen LogP contribution in [0.1, 0.15) is 17.1 Å². The number of rotatable bonds is 2. The summed E-state index contributed by atoms with van der Waals surface area (Å²) in [4.78, 5) is 10.3. The Morgan fingerprint density at radius 3 is 2.71 bits per heavy atom. The van der Waals surface area contributed by atoms with Crippen molar-refractivity contribution in [1.82, 2.24) is 19.5 Å². The maximum Gasteiger partial charge on any atom is 0.194 e. The van der Waals surface area contributed by atoms with Crippen molar-refractivity contribution in [2.75, 3.05) is 0 Å². The van der Waals surface area contributed by atoms with Crippen LogP contribution in [-0.2, 0) is 0 Å². The molecule has 0 spiro atoms. The summed E-state index contributed by atoms with van der Waals surface area (Å²) in [6.45, 7) is 5.87. The summed E-state index contributed by atoms with van der Waals surface area (Å²) in [5, 5.41) is 9.05. The van der Waals surface area contributed by atoms with Gasteiger partial charge >= 0.3 is 0 Å². The van der Waals surface area contributed by atoms with Crippen LogP contribution in [0, 0.1) is 20.8 Å². The zero-order valence-electron chi connectivity index (χ0n) is 11.7. The number of hydrogen-bond acceptors (Lipinski definition) is 6. The molecule has 4 heterocycles. The van der Waals surface area contributed by atoms with Gasteiger partial charge in [0.15, 0.2) is 4.96 Å². The van der Waals surface area contributed by atoms with Crippen molar-refractivity contribution in [3.63, 3.8) is 0 Å². The SMILES string of the molecule is Cc1noc(C)c1-c1csc(-c2c(C)nc3sccn23)n1. The third-order valence-corrected chi connectivity index (χ3v) is 5.04. The number of thiazole rings is 2. The second-order valence-electron chi connectivity index (χ2n) is 4.84. The molecule has 0 aliphatic carbocycles. The van der Waals surface area contributed by atoms with Crippen molar-refractivity contribution in [3.05, 3.63) is 34.1 Å². The molecule has 0 aliphatic rings. The van der Waals surface area contributed by atoms with Gasteiger partial charge in [0.25, 0.3) is 0 Å². The molecule has 0 radical (unpaired) electrons. The highest BCUT2D eigenvalue weighted by atomic mass is 32.1.